The highest BCUT2D eigenvalue weighted by Gasteiger charge is 2.26. The lowest BCUT2D eigenvalue weighted by Gasteiger charge is -2.31. The third-order valence-corrected chi connectivity index (χ3v) is 3.19. The summed E-state index contributed by atoms with van der Waals surface area (Å²) in [6.45, 7) is 2.56. The SMILES string of the molecule is CN1CCN(C(=O)C(=O)n2ccc(C(N)=O)c2)CC1. The van der Waals surface area contributed by atoms with E-state index < -0.39 is 17.7 Å². The van der Waals surface area contributed by atoms with Gasteiger partial charge in [0.1, 0.15) is 0 Å². The molecule has 0 aliphatic carbocycles. The van der Waals surface area contributed by atoms with Gasteiger partial charge in [0.05, 0.1) is 5.56 Å². The number of nitrogens with zero attached hydrogens (tertiary/aromatic N) is 3. The first-order chi connectivity index (χ1) is 8.99. The second-order valence-corrected chi connectivity index (χ2v) is 4.57. The lowest BCUT2D eigenvalue weighted by molar-refractivity contribution is -0.128. The Morgan fingerprint density at radius 2 is 1.74 bits per heavy atom. The summed E-state index contributed by atoms with van der Waals surface area (Å²) in [5, 5.41) is 0. The molecule has 1 aromatic rings. The van der Waals surface area contributed by atoms with E-state index in [2.05, 4.69) is 4.90 Å². The highest BCUT2D eigenvalue weighted by molar-refractivity contribution is 6.36. The summed E-state index contributed by atoms with van der Waals surface area (Å²) in [7, 11) is 1.97. The minimum absolute atomic E-state index is 0.208. The topological polar surface area (TPSA) is 88.6 Å². The van der Waals surface area contributed by atoms with Gasteiger partial charge in [-0.05, 0) is 13.1 Å². The molecule has 0 radical (unpaired) electrons. The van der Waals surface area contributed by atoms with Crippen molar-refractivity contribution in [3.63, 3.8) is 0 Å². The minimum atomic E-state index is -0.669. The molecule has 19 heavy (non-hydrogen) atoms. The van der Waals surface area contributed by atoms with Gasteiger partial charge in [-0.3, -0.25) is 19.0 Å². The summed E-state index contributed by atoms with van der Waals surface area (Å²) in [5.74, 6) is -1.85. The number of amides is 2. The highest BCUT2D eigenvalue weighted by atomic mass is 16.2. The van der Waals surface area contributed by atoms with Crippen LogP contribution in [0.5, 0.6) is 0 Å². The van der Waals surface area contributed by atoms with Crippen molar-refractivity contribution in [1.29, 1.82) is 0 Å². The fourth-order valence-electron chi connectivity index (χ4n) is 1.92. The molecule has 2 rings (SSSR count). The van der Waals surface area contributed by atoms with Crippen LogP contribution in [0.4, 0.5) is 0 Å². The average molecular weight is 264 g/mol. The van der Waals surface area contributed by atoms with E-state index in [4.69, 9.17) is 5.73 Å². The number of primary amides is 1. The van der Waals surface area contributed by atoms with Gasteiger partial charge in [-0.2, -0.15) is 0 Å². The number of nitrogens with two attached hydrogens (primary N) is 1. The van der Waals surface area contributed by atoms with Gasteiger partial charge in [0.25, 0.3) is 0 Å². The molecule has 102 valence electrons. The normalized spacial score (nSPS) is 16.4. The van der Waals surface area contributed by atoms with Crippen molar-refractivity contribution in [3.8, 4) is 0 Å². The van der Waals surface area contributed by atoms with Gasteiger partial charge in [0.2, 0.25) is 5.91 Å². The Labute approximate surface area is 110 Å². The van der Waals surface area contributed by atoms with Crippen molar-refractivity contribution >= 4 is 17.7 Å². The molecule has 1 aliphatic rings. The van der Waals surface area contributed by atoms with Crippen molar-refractivity contribution in [2.24, 2.45) is 5.73 Å². The Morgan fingerprint density at radius 1 is 1.11 bits per heavy atom. The summed E-state index contributed by atoms with van der Waals surface area (Å²) >= 11 is 0. The molecule has 0 unspecified atom stereocenters. The van der Waals surface area contributed by atoms with E-state index in [1.807, 2.05) is 7.05 Å². The number of carbonyl (C=O) groups is 3. The molecule has 1 saturated heterocycles. The fourth-order valence-corrected chi connectivity index (χ4v) is 1.92. The minimum Gasteiger partial charge on any atom is -0.366 e. The van der Waals surface area contributed by atoms with E-state index in [9.17, 15) is 14.4 Å². The number of hydrogen-bond acceptors (Lipinski definition) is 4. The zero-order valence-corrected chi connectivity index (χ0v) is 10.7. The van der Waals surface area contributed by atoms with Crippen LogP contribution in [0.1, 0.15) is 15.2 Å². The second-order valence-electron chi connectivity index (χ2n) is 4.57. The second kappa shape index (κ2) is 5.23. The van der Waals surface area contributed by atoms with Crippen LogP contribution in [0.2, 0.25) is 0 Å². The van der Waals surface area contributed by atoms with Gasteiger partial charge in [-0.15, -0.1) is 0 Å². The Balaban J connectivity index is 2.06. The smallest absolute Gasteiger partial charge is 0.320 e. The quantitative estimate of drug-likeness (QED) is 0.659. The molecule has 2 N–H and O–H groups in total. The molecule has 1 aliphatic heterocycles. The van der Waals surface area contributed by atoms with E-state index in [1.165, 1.54) is 23.4 Å². The predicted octanol–water partition coefficient (Wildman–Crippen LogP) is -0.999. The molecule has 0 spiro atoms. The van der Waals surface area contributed by atoms with Gasteiger partial charge in [-0.1, -0.05) is 0 Å². The van der Waals surface area contributed by atoms with Crippen LogP contribution in [0.3, 0.4) is 0 Å². The van der Waals surface area contributed by atoms with E-state index in [1.54, 1.807) is 0 Å². The summed E-state index contributed by atoms with van der Waals surface area (Å²) in [6.07, 6.45) is 2.65. The van der Waals surface area contributed by atoms with E-state index >= 15 is 0 Å². The molecular weight excluding hydrogens is 248 g/mol. The fraction of sp³-hybridized carbons (Fsp3) is 0.417. The standard InChI is InChI=1S/C12H16N4O3/c1-14-4-6-15(7-5-14)11(18)12(19)16-3-2-9(8-16)10(13)17/h2-3,8H,4-7H2,1H3,(H2,13,17). The number of piperazine rings is 1. The molecule has 7 heteroatoms. The van der Waals surface area contributed by atoms with Crippen LogP contribution in [0.25, 0.3) is 0 Å². The van der Waals surface area contributed by atoms with E-state index in [0.717, 1.165) is 17.7 Å². The number of likely N-dealkylation sites (N-methyl/N-ethyl adjacent to an activating group) is 1. The monoisotopic (exact) mass is 264 g/mol. The maximum Gasteiger partial charge on any atom is 0.320 e. The predicted molar refractivity (Wildman–Crippen MR) is 67.7 cm³/mol. The van der Waals surface area contributed by atoms with Crippen LogP contribution in [-0.4, -0.2) is 65.3 Å². The molecule has 7 nitrogen and oxygen atoms in total. The molecule has 0 aromatic carbocycles. The van der Waals surface area contributed by atoms with Gasteiger partial charge < -0.3 is 15.5 Å². The van der Waals surface area contributed by atoms with Gasteiger partial charge in [-0.25, -0.2) is 0 Å². The van der Waals surface area contributed by atoms with Crippen LogP contribution >= 0.6 is 0 Å². The molecule has 0 saturated carbocycles. The summed E-state index contributed by atoms with van der Waals surface area (Å²) < 4.78 is 1.10. The average Bonchev–Trinajstić information content (AvgIpc) is 2.87. The maximum atomic E-state index is 12.0. The van der Waals surface area contributed by atoms with Gasteiger partial charge in [0, 0.05) is 38.6 Å². The third-order valence-electron chi connectivity index (χ3n) is 3.19. The van der Waals surface area contributed by atoms with Crippen molar-refractivity contribution in [2.45, 2.75) is 0 Å². The Hall–Kier alpha value is -2.15. The molecule has 1 fully saturated rings. The number of rotatable bonds is 1. The Morgan fingerprint density at radius 3 is 2.26 bits per heavy atom. The van der Waals surface area contributed by atoms with Crippen molar-refractivity contribution < 1.29 is 14.4 Å². The third kappa shape index (κ3) is 2.82. The molecule has 0 atom stereocenters. The van der Waals surface area contributed by atoms with E-state index in [-0.39, 0.29) is 5.56 Å². The molecule has 1 aromatic heterocycles. The lowest BCUT2D eigenvalue weighted by atomic mass is 10.3. The summed E-state index contributed by atoms with van der Waals surface area (Å²) in [6, 6.07) is 1.41. The largest absolute Gasteiger partial charge is 0.366 e. The Kier molecular flexibility index (Phi) is 3.66. The maximum absolute atomic E-state index is 12.0. The number of aromatic nitrogens is 1. The number of carbonyl (C=O) groups excluding carboxylic acids is 3. The Bertz CT molecular complexity index is 515. The van der Waals surface area contributed by atoms with Crippen LogP contribution in [-0.2, 0) is 4.79 Å². The zero-order valence-electron chi connectivity index (χ0n) is 10.7. The first-order valence-corrected chi connectivity index (χ1v) is 5.99. The lowest BCUT2D eigenvalue weighted by Crippen LogP contribution is -2.50. The molecule has 2 heterocycles. The molecular formula is C12H16N4O3. The first-order valence-electron chi connectivity index (χ1n) is 5.99. The number of hydrogen-bond donors (Lipinski definition) is 1. The molecule has 0 bridgehead atoms. The highest BCUT2D eigenvalue weighted by Crippen LogP contribution is 2.04. The van der Waals surface area contributed by atoms with Crippen LogP contribution in [0, 0.1) is 0 Å². The van der Waals surface area contributed by atoms with Gasteiger partial charge in [0.15, 0.2) is 0 Å². The van der Waals surface area contributed by atoms with E-state index in [0.29, 0.717) is 13.1 Å². The van der Waals surface area contributed by atoms with Crippen molar-refractivity contribution in [3.05, 3.63) is 24.0 Å². The summed E-state index contributed by atoms with van der Waals surface area (Å²) in [5.41, 5.74) is 5.30. The van der Waals surface area contributed by atoms with Gasteiger partial charge >= 0.3 is 11.8 Å². The zero-order chi connectivity index (χ0) is 14.0. The van der Waals surface area contributed by atoms with Crippen LogP contribution < -0.4 is 5.73 Å². The van der Waals surface area contributed by atoms with Crippen molar-refractivity contribution in [2.75, 3.05) is 33.2 Å². The first kappa shape index (κ1) is 13.3. The van der Waals surface area contributed by atoms with Crippen molar-refractivity contribution in [1.82, 2.24) is 14.4 Å². The van der Waals surface area contributed by atoms with Crippen LogP contribution in [0.15, 0.2) is 18.5 Å². The molecule has 2 amide bonds. The summed E-state index contributed by atoms with van der Waals surface area (Å²) in [4.78, 5) is 38.5.